The fourth-order valence-electron chi connectivity index (χ4n) is 5.33. The number of nitrogens with zero attached hydrogens (tertiary/aromatic N) is 1. The van der Waals surface area contributed by atoms with Crippen molar-refractivity contribution in [1.29, 1.82) is 0 Å². The quantitative estimate of drug-likeness (QED) is 0.704. The molecular weight excluding hydrogens is 330 g/mol. The van der Waals surface area contributed by atoms with Gasteiger partial charge in [0.1, 0.15) is 5.78 Å². The molecule has 3 atom stereocenters. The molecule has 1 aliphatic heterocycles. The van der Waals surface area contributed by atoms with Gasteiger partial charge in [-0.25, -0.2) is 0 Å². The summed E-state index contributed by atoms with van der Waals surface area (Å²) in [5.74, 6) is 0.461. The van der Waals surface area contributed by atoms with Gasteiger partial charge < -0.3 is 15.3 Å². The van der Waals surface area contributed by atoms with Crippen molar-refractivity contribution in [3.63, 3.8) is 0 Å². The molecule has 0 spiro atoms. The van der Waals surface area contributed by atoms with Gasteiger partial charge in [-0.1, -0.05) is 13.0 Å². The molecule has 26 heavy (non-hydrogen) atoms. The van der Waals surface area contributed by atoms with E-state index in [2.05, 4.69) is 4.90 Å². The zero-order chi connectivity index (χ0) is 18.7. The van der Waals surface area contributed by atoms with Crippen LogP contribution in [-0.2, 0) is 16.6 Å². The van der Waals surface area contributed by atoms with Crippen LogP contribution in [0, 0.1) is 5.92 Å². The number of carbonyl (C=O) groups excluding carboxylic acids is 1. The van der Waals surface area contributed by atoms with Gasteiger partial charge in [-0.2, -0.15) is 0 Å². The lowest BCUT2D eigenvalue weighted by Crippen LogP contribution is -2.70. The number of carbonyl (C=O) groups is 1. The summed E-state index contributed by atoms with van der Waals surface area (Å²) in [6.07, 6.45) is 4.37. The van der Waals surface area contributed by atoms with E-state index in [0.717, 1.165) is 24.6 Å². The molecular formula is C21H29NO4. The first kappa shape index (κ1) is 17.8. The fourth-order valence-corrected chi connectivity index (χ4v) is 5.33. The van der Waals surface area contributed by atoms with Crippen LogP contribution >= 0.6 is 0 Å². The van der Waals surface area contributed by atoms with Crippen molar-refractivity contribution in [3.05, 3.63) is 23.3 Å². The zero-order valence-corrected chi connectivity index (χ0v) is 15.7. The molecule has 1 aromatic rings. The Kier molecular flexibility index (Phi) is 4.08. The Morgan fingerprint density at radius 3 is 2.69 bits per heavy atom. The van der Waals surface area contributed by atoms with Gasteiger partial charge in [0.2, 0.25) is 0 Å². The highest BCUT2D eigenvalue weighted by Crippen LogP contribution is 2.57. The van der Waals surface area contributed by atoms with Crippen LogP contribution < -0.4 is 0 Å². The number of hydrogen-bond acceptors (Lipinski definition) is 5. The molecule has 4 rings (SSSR count). The third-order valence-corrected chi connectivity index (χ3v) is 7.10. The second-order valence-corrected chi connectivity index (χ2v) is 8.67. The van der Waals surface area contributed by atoms with E-state index in [1.807, 2.05) is 19.9 Å². The summed E-state index contributed by atoms with van der Waals surface area (Å²) in [6, 6.07) is 3.29. The molecule has 1 saturated heterocycles. The maximum atomic E-state index is 12.5. The van der Waals surface area contributed by atoms with E-state index in [9.17, 15) is 20.1 Å². The number of ketones is 1. The number of hydrogen-bond donors (Lipinski definition) is 3. The van der Waals surface area contributed by atoms with Gasteiger partial charge in [0, 0.05) is 36.4 Å². The minimum atomic E-state index is -1.14. The molecule has 1 heterocycles. The minimum Gasteiger partial charge on any atom is -0.504 e. The van der Waals surface area contributed by atoms with E-state index >= 15 is 0 Å². The number of fused-ring (bicyclic) bond motifs is 4. The number of aliphatic hydroxyl groups is 1. The van der Waals surface area contributed by atoms with Crippen LogP contribution in [0.5, 0.6) is 11.5 Å². The van der Waals surface area contributed by atoms with Gasteiger partial charge in [-0.3, -0.25) is 9.69 Å². The molecule has 0 amide bonds. The van der Waals surface area contributed by atoms with Crippen molar-refractivity contribution < 1.29 is 20.1 Å². The predicted octanol–water partition coefficient (Wildman–Crippen LogP) is 2.50. The number of benzene rings is 1. The van der Waals surface area contributed by atoms with Crippen LogP contribution in [0.25, 0.3) is 0 Å². The second kappa shape index (κ2) is 5.96. The molecule has 1 aromatic carbocycles. The van der Waals surface area contributed by atoms with Crippen LogP contribution in [0.1, 0.15) is 57.1 Å². The lowest BCUT2D eigenvalue weighted by Gasteiger charge is -2.60. The Hall–Kier alpha value is -1.59. The average Bonchev–Trinajstić information content (AvgIpc) is 3.39. The van der Waals surface area contributed by atoms with E-state index in [1.54, 1.807) is 0 Å². The molecule has 2 bridgehead atoms. The van der Waals surface area contributed by atoms with Gasteiger partial charge in [0.05, 0.1) is 5.60 Å². The summed E-state index contributed by atoms with van der Waals surface area (Å²) in [5.41, 5.74) is -0.447. The first-order valence-electron chi connectivity index (χ1n) is 9.82. The largest absolute Gasteiger partial charge is 0.504 e. The van der Waals surface area contributed by atoms with Crippen molar-refractivity contribution in [2.45, 2.75) is 69.4 Å². The fraction of sp³-hybridized carbons (Fsp3) is 0.667. The number of rotatable bonds is 5. The molecule has 0 aromatic heterocycles. The number of likely N-dealkylation sites (tertiary alicyclic amines) is 1. The Balaban J connectivity index is 1.85. The van der Waals surface area contributed by atoms with Gasteiger partial charge in [0.15, 0.2) is 11.5 Å². The molecule has 2 unspecified atom stereocenters. The van der Waals surface area contributed by atoms with Crippen LogP contribution in [0.4, 0.5) is 0 Å². The zero-order valence-electron chi connectivity index (χ0n) is 15.7. The van der Waals surface area contributed by atoms with E-state index in [1.165, 1.54) is 18.9 Å². The molecule has 5 nitrogen and oxygen atoms in total. The summed E-state index contributed by atoms with van der Waals surface area (Å²) < 4.78 is 0. The normalized spacial score (nSPS) is 33.7. The molecule has 2 fully saturated rings. The summed E-state index contributed by atoms with van der Waals surface area (Å²) in [7, 11) is 0. The third kappa shape index (κ3) is 2.48. The summed E-state index contributed by atoms with van der Waals surface area (Å²) >= 11 is 0. The van der Waals surface area contributed by atoms with Crippen molar-refractivity contribution in [3.8, 4) is 11.5 Å². The number of piperidine rings is 1. The standard InChI is InChI=1S/C21H29NO4/c1-3-15(23)11-21-8-9-22(12-13-4-5-13)17(20(21,2)26)10-14-6-7-16(24)19(25)18(14)21/h6-7,13,17,24-26H,3-5,8-12H2,1-2H3/t17?,20?,21-/m1/s1. The van der Waals surface area contributed by atoms with Crippen LogP contribution in [0.2, 0.25) is 0 Å². The average molecular weight is 359 g/mol. The number of Topliss-reactive ketones (excluding diaryl/α,β-unsaturated/α-hetero) is 1. The first-order chi connectivity index (χ1) is 12.3. The lowest BCUT2D eigenvalue weighted by molar-refractivity contribution is -0.148. The Labute approximate surface area is 154 Å². The van der Waals surface area contributed by atoms with Gasteiger partial charge in [0.25, 0.3) is 0 Å². The highest BCUT2D eigenvalue weighted by Gasteiger charge is 2.62. The minimum absolute atomic E-state index is 0.0713. The summed E-state index contributed by atoms with van der Waals surface area (Å²) in [4.78, 5) is 14.9. The Morgan fingerprint density at radius 1 is 1.31 bits per heavy atom. The smallest absolute Gasteiger partial charge is 0.161 e. The van der Waals surface area contributed by atoms with E-state index in [-0.39, 0.29) is 29.7 Å². The Bertz CT molecular complexity index is 740. The lowest BCUT2D eigenvalue weighted by atomic mass is 9.53. The summed E-state index contributed by atoms with van der Waals surface area (Å²) in [5, 5.41) is 32.5. The van der Waals surface area contributed by atoms with Crippen molar-refractivity contribution >= 4 is 5.78 Å². The number of phenols is 2. The third-order valence-electron chi connectivity index (χ3n) is 7.10. The van der Waals surface area contributed by atoms with Gasteiger partial charge >= 0.3 is 0 Å². The predicted molar refractivity (Wildman–Crippen MR) is 98.4 cm³/mol. The van der Waals surface area contributed by atoms with Crippen molar-refractivity contribution in [1.82, 2.24) is 4.90 Å². The maximum absolute atomic E-state index is 12.5. The number of phenolic OH excluding ortho intramolecular Hbond substituents is 2. The van der Waals surface area contributed by atoms with E-state index in [4.69, 9.17) is 0 Å². The monoisotopic (exact) mass is 359 g/mol. The topological polar surface area (TPSA) is 81.0 Å². The van der Waals surface area contributed by atoms with Gasteiger partial charge in [-0.15, -0.1) is 0 Å². The maximum Gasteiger partial charge on any atom is 0.161 e. The molecule has 2 aliphatic carbocycles. The second-order valence-electron chi connectivity index (χ2n) is 8.67. The van der Waals surface area contributed by atoms with Crippen LogP contribution in [-0.4, -0.2) is 50.7 Å². The highest BCUT2D eigenvalue weighted by atomic mass is 16.3. The van der Waals surface area contributed by atoms with E-state index < -0.39 is 11.0 Å². The number of aromatic hydroxyl groups is 2. The van der Waals surface area contributed by atoms with Crippen LogP contribution in [0.15, 0.2) is 12.1 Å². The highest BCUT2D eigenvalue weighted by molar-refractivity contribution is 5.81. The molecule has 5 heteroatoms. The molecule has 3 N–H and O–H groups in total. The first-order valence-corrected chi connectivity index (χ1v) is 9.82. The van der Waals surface area contributed by atoms with Gasteiger partial charge in [-0.05, 0) is 56.7 Å². The molecule has 1 saturated carbocycles. The van der Waals surface area contributed by atoms with E-state index in [0.29, 0.717) is 24.8 Å². The van der Waals surface area contributed by atoms with Crippen molar-refractivity contribution in [2.24, 2.45) is 5.92 Å². The molecule has 142 valence electrons. The summed E-state index contributed by atoms with van der Waals surface area (Å²) in [6.45, 7) is 5.46. The van der Waals surface area contributed by atoms with Crippen molar-refractivity contribution in [2.75, 3.05) is 13.1 Å². The Morgan fingerprint density at radius 2 is 2.04 bits per heavy atom. The SMILES string of the molecule is CCC(=O)C[C@]12CCN(CC3CC3)C(Cc3ccc(O)c(O)c31)C2(C)O. The van der Waals surface area contributed by atoms with Crippen LogP contribution in [0.3, 0.4) is 0 Å². The molecule has 3 aliphatic rings. The molecule has 0 radical (unpaired) electrons.